The van der Waals surface area contributed by atoms with Crippen LogP contribution in [0.4, 0.5) is 4.39 Å². The summed E-state index contributed by atoms with van der Waals surface area (Å²) in [5.74, 6) is -0.164. The highest BCUT2D eigenvalue weighted by atomic mass is 35.5. The van der Waals surface area contributed by atoms with Gasteiger partial charge in [0.05, 0.1) is 0 Å². The predicted octanol–water partition coefficient (Wildman–Crippen LogP) is 5.36. The van der Waals surface area contributed by atoms with Crippen LogP contribution < -0.4 is 5.32 Å². The van der Waals surface area contributed by atoms with E-state index in [-0.39, 0.29) is 16.8 Å². The van der Waals surface area contributed by atoms with Crippen molar-refractivity contribution < 1.29 is 4.39 Å². The first-order valence-corrected chi connectivity index (χ1v) is 8.37. The SMILES string of the molecule is CC(C)(C)NCC1(Cc2ccc(Cl)cc2F)CCCCC1. The quantitative estimate of drug-likeness (QED) is 0.789. The van der Waals surface area contributed by atoms with E-state index in [1.54, 1.807) is 6.07 Å². The van der Waals surface area contributed by atoms with Gasteiger partial charge in [0.2, 0.25) is 0 Å². The van der Waals surface area contributed by atoms with Gasteiger partial charge >= 0.3 is 0 Å². The third kappa shape index (κ3) is 4.96. The van der Waals surface area contributed by atoms with E-state index < -0.39 is 0 Å². The summed E-state index contributed by atoms with van der Waals surface area (Å²) in [5, 5.41) is 4.11. The molecule has 1 saturated carbocycles. The predicted molar refractivity (Wildman–Crippen MR) is 88.4 cm³/mol. The normalized spacial score (nSPS) is 18.7. The topological polar surface area (TPSA) is 12.0 Å². The molecule has 1 nitrogen and oxygen atoms in total. The summed E-state index contributed by atoms with van der Waals surface area (Å²) in [5.41, 5.74) is 1.08. The van der Waals surface area contributed by atoms with E-state index in [0.717, 1.165) is 18.5 Å². The molecule has 0 radical (unpaired) electrons. The molecular weight excluding hydrogens is 285 g/mol. The van der Waals surface area contributed by atoms with Gasteiger partial charge in [-0.2, -0.15) is 0 Å². The van der Waals surface area contributed by atoms with E-state index >= 15 is 0 Å². The summed E-state index contributed by atoms with van der Waals surface area (Å²) in [6.45, 7) is 7.52. The Hall–Kier alpha value is -0.600. The summed E-state index contributed by atoms with van der Waals surface area (Å²) >= 11 is 5.86. The van der Waals surface area contributed by atoms with Gasteiger partial charge in [0, 0.05) is 17.1 Å². The molecule has 0 atom stereocenters. The molecule has 0 aromatic heterocycles. The van der Waals surface area contributed by atoms with Crippen LogP contribution in [0.3, 0.4) is 0 Å². The molecule has 0 spiro atoms. The minimum Gasteiger partial charge on any atom is -0.312 e. The van der Waals surface area contributed by atoms with Crippen molar-refractivity contribution in [1.29, 1.82) is 0 Å². The van der Waals surface area contributed by atoms with Crippen molar-refractivity contribution in [2.45, 2.75) is 64.8 Å². The van der Waals surface area contributed by atoms with Crippen molar-refractivity contribution >= 4 is 11.6 Å². The number of nitrogens with one attached hydrogen (secondary N) is 1. The van der Waals surface area contributed by atoms with Gasteiger partial charge in [-0.25, -0.2) is 4.39 Å². The Kier molecular flexibility index (Phi) is 5.32. The molecule has 21 heavy (non-hydrogen) atoms. The maximum atomic E-state index is 14.1. The molecule has 1 aliphatic rings. The molecule has 2 rings (SSSR count). The minimum absolute atomic E-state index is 0.100. The molecule has 0 saturated heterocycles. The summed E-state index contributed by atoms with van der Waals surface area (Å²) in [4.78, 5) is 0. The lowest BCUT2D eigenvalue weighted by atomic mass is 9.70. The molecule has 0 aliphatic heterocycles. The molecule has 3 heteroatoms. The van der Waals surface area contributed by atoms with Crippen LogP contribution in [0.15, 0.2) is 18.2 Å². The van der Waals surface area contributed by atoms with Crippen molar-refractivity contribution in [3.63, 3.8) is 0 Å². The average Bonchev–Trinajstić information content (AvgIpc) is 2.41. The van der Waals surface area contributed by atoms with Gasteiger partial charge in [-0.05, 0) is 63.1 Å². The van der Waals surface area contributed by atoms with Crippen LogP contribution in [0.5, 0.6) is 0 Å². The van der Waals surface area contributed by atoms with Gasteiger partial charge in [-0.15, -0.1) is 0 Å². The fourth-order valence-electron chi connectivity index (χ4n) is 3.24. The first-order valence-electron chi connectivity index (χ1n) is 7.99. The van der Waals surface area contributed by atoms with Crippen molar-refractivity contribution in [3.8, 4) is 0 Å². The van der Waals surface area contributed by atoms with Crippen LogP contribution in [0, 0.1) is 11.2 Å². The number of hydrogen-bond acceptors (Lipinski definition) is 1. The van der Waals surface area contributed by atoms with E-state index in [9.17, 15) is 4.39 Å². The maximum Gasteiger partial charge on any atom is 0.127 e. The number of hydrogen-bond donors (Lipinski definition) is 1. The molecule has 118 valence electrons. The molecule has 1 aromatic carbocycles. The highest BCUT2D eigenvalue weighted by molar-refractivity contribution is 6.30. The fraction of sp³-hybridized carbons (Fsp3) is 0.667. The number of halogens is 2. The van der Waals surface area contributed by atoms with Crippen molar-refractivity contribution in [2.24, 2.45) is 5.41 Å². The summed E-state index contributed by atoms with van der Waals surface area (Å²) < 4.78 is 14.1. The molecule has 0 unspecified atom stereocenters. The Morgan fingerprint density at radius 3 is 2.43 bits per heavy atom. The first-order chi connectivity index (χ1) is 9.80. The highest BCUT2D eigenvalue weighted by Crippen LogP contribution is 2.39. The fourth-order valence-corrected chi connectivity index (χ4v) is 3.40. The average molecular weight is 312 g/mol. The van der Waals surface area contributed by atoms with Gasteiger partial charge in [0.15, 0.2) is 0 Å². The first kappa shape index (κ1) is 16.8. The monoisotopic (exact) mass is 311 g/mol. The third-order valence-electron chi connectivity index (χ3n) is 4.49. The zero-order valence-corrected chi connectivity index (χ0v) is 14.2. The molecule has 1 N–H and O–H groups in total. The second-order valence-electron chi connectivity index (χ2n) is 7.58. The Balaban J connectivity index is 2.15. The Morgan fingerprint density at radius 1 is 1.19 bits per heavy atom. The minimum atomic E-state index is -0.164. The van der Waals surface area contributed by atoms with Crippen LogP contribution in [-0.4, -0.2) is 12.1 Å². The van der Waals surface area contributed by atoms with Crippen LogP contribution in [-0.2, 0) is 6.42 Å². The number of benzene rings is 1. The maximum absolute atomic E-state index is 14.1. The molecule has 0 bridgehead atoms. The summed E-state index contributed by atoms with van der Waals surface area (Å²) in [6.07, 6.45) is 6.97. The van der Waals surface area contributed by atoms with E-state index in [4.69, 9.17) is 11.6 Å². The van der Waals surface area contributed by atoms with Crippen molar-refractivity contribution in [3.05, 3.63) is 34.6 Å². The molecule has 0 heterocycles. The van der Waals surface area contributed by atoms with E-state index in [1.165, 1.54) is 38.2 Å². The smallest absolute Gasteiger partial charge is 0.127 e. The van der Waals surface area contributed by atoms with E-state index in [2.05, 4.69) is 26.1 Å². The Bertz CT molecular complexity index is 473. The van der Waals surface area contributed by atoms with Gasteiger partial charge in [-0.3, -0.25) is 0 Å². The van der Waals surface area contributed by atoms with Gasteiger partial charge in [0.1, 0.15) is 5.82 Å². The van der Waals surface area contributed by atoms with Gasteiger partial charge in [0.25, 0.3) is 0 Å². The van der Waals surface area contributed by atoms with Crippen LogP contribution >= 0.6 is 11.6 Å². The van der Waals surface area contributed by atoms with Crippen LogP contribution in [0.1, 0.15) is 58.4 Å². The van der Waals surface area contributed by atoms with E-state index in [0.29, 0.717) is 5.02 Å². The molecule has 0 amide bonds. The van der Waals surface area contributed by atoms with Crippen LogP contribution in [0.2, 0.25) is 5.02 Å². The Labute approximate surface area is 133 Å². The second kappa shape index (κ2) is 6.66. The number of rotatable bonds is 4. The molecule has 1 fully saturated rings. The molecule has 1 aromatic rings. The summed E-state index contributed by atoms with van der Waals surface area (Å²) in [7, 11) is 0. The lowest BCUT2D eigenvalue weighted by Crippen LogP contribution is -2.45. The van der Waals surface area contributed by atoms with E-state index in [1.807, 2.05) is 6.07 Å². The lowest BCUT2D eigenvalue weighted by Gasteiger charge is -2.40. The van der Waals surface area contributed by atoms with Crippen molar-refractivity contribution in [1.82, 2.24) is 5.32 Å². The second-order valence-corrected chi connectivity index (χ2v) is 8.01. The summed E-state index contributed by atoms with van der Waals surface area (Å²) in [6, 6.07) is 5.09. The molecule has 1 aliphatic carbocycles. The third-order valence-corrected chi connectivity index (χ3v) is 4.72. The standard InChI is InChI=1S/C18H27ClFN/c1-17(2,3)21-13-18(9-5-4-6-10-18)12-14-7-8-15(19)11-16(14)20/h7-8,11,21H,4-6,9-10,12-13H2,1-3H3. The lowest BCUT2D eigenvalue weighted by molar-refractivity contribution is 0.164. The van der Waals surface area contributed by atoms with Gasteiger partial charge < -0.3 is 5.32 Å². The largest absolute Gasteiger partial charge is 0.312 e. The van der Waals surface area contributed by atoms with Gasteiger partial charge in [-0.1, -0.05) is 36.9 Å². The highest BCUT2D eigenvalue weighted by Gasteiger charge is 2.33. The molecular formula is C18H27ClFN. The zero-order valence-electron chi connectivity index (χ0n) is 13.4. The zero-order chi connectivity index (χ0) is 15.5. The van der Waals surface area contributed by atoms with Crippen molar-refractivity contribution in [2.75, 3.05) is 6.54 Å². The Morgan fingerprint density at radius 2 is 1.86 bits per heavy atom. The van der Waals surface area contributed by atoms with Crippen LogP contribution in [0.25, 0.3) is 0 Å².